The highest BCUT2D eigenvalue weighted by Crippen LogP contribution is 2.72. The molecule has 2 unspecified atom stereocenters. The van der Waals surface area contributed by atoms with Crippen molar-refractivity contribution in [2.75, 3.05) is 0 Å². The van der Waals surface area contributed by atoms with Crippen molar-refractivity contribution in [1.82, 2.24) is 0 Å². The summed E-state index contributed by atoms with van der Waals surface area (Å²) >= 11 is 0. The predicted molar refractivity (Wildman–Crippen MR) is 80.3 cm³/mol. The van der Waals surface area contributed by atoms with Gasteiger partial charge in [0.25, 0.3) is 0 Å². The van der Waals surface area contributed by atoms with Gasteiger partial charge in [0.15, 0.2) is 6.10 Å². The molecule has 0 saturated carbocycles. The first kappa shape index (κ1) is 19.5. The zero-order valence-electron chi connectivity index (χ0n) is 13.9. The molecule has 2 aromatic carbocycles. The zero-order chi connectivity index (χ0) is 21.6. The molecule has 2 aliphatic rings. The Balaban J connectivity index is 1.96. The lowest BCUT2D eigenvalue weighted by atomic mass is 9.91. The van der Waals surface area contributed by atoms with E-state index in [9.17, 15) is 40.9 Å². The molecule has 2 aliphatic carbocycles. The van der Waals surface area contributed by atoms with Gasteiger partial charge >= 0.3 is 17.8 Å². The molecule has 0 bridgehead atoms. The average molecular weight is 419 g/mol. The van der Waals surface area contributed by atoms with Gasteiger partial charge < -0.3 is 14.9 Å². The lowest BCUT2D eigenvalue weighted by molar-refractivity contribution is -0.351. The average Bonchev–Trinajstić information content (AvgIpc) is 2.87. The zero-order valence-corrected chi connectivity index (χ0v) is 13.9. The number of nitrogens with zero attached hydrogens (tertiary/aromatic N) is 1. The molecule has 2 aromatic rings. The van der Waals surface area contributed by atoms with Crippen LogP contribution in [0.15, 0.2) is 30.3 Å². The van der Waals surface area contributed by atoms with Crippen LogP contribution in [0.3, 0.4) is 0 Å². The Hall–Kier alpha value is -2.84. The first-order valence-electron chi connectivity index (χ1n) is 7.91. The Morgan fingerprint density at radius 3 is 2.31 bits per heavy atom. The van der Waals surface area contributed by atoms with Crippen molar-refractivity contribution < 1.29 is 45.7 Å². The molecule has 152 valence electrons. The van der Waals surface area contributed by atoms with E-state index in [0.717, 1.165) is 18.2 Å². The predicted octanol–water partition coefficient (Wildman–Crippen LogP) is 4.10. The van der Waals surface area contributed by atoms with Crippen molar-refractivity contribution in [3.63, 3.8) is 0 Å². The molecule has 0 aliphatic heterocycles. The molecular weight excluding hydrogens is 411 g/mol. The summed E-state index contributed by atoms with van der Waals surface area (Å²) in [7, 11) is 0. The summed E-state index contributed by atoms with van der Waals surface area (Å²) in [6, 6.07) is 5.08. The van der Waals surface area contributed by atoms with Crippen LogP contribution in [-0.4, -0.2) is 22.1 Å². The number of halogens is 7. The van der Waals surface area contributed by atoms with Gasteiger partial charge in [0.1, 0.15) is 17.3 Å². The molecule has 0 spiro atoms. The largest absolute Gasteiger partial charge is 0.457 e. The number of aliphatic hydroxyl groups excluding tert-OH is 1. The Bertz CT molecular complexity index is 1100. The number of alkyl halides is 6. The molecular formula is C18H8F7NO3. The van der Waals surface area contributed by atoms with E-state index in [4.69, 9.17) is 10.00 Å². The van der Waals surface area contributed by atoms with Crippen LogP contribution in [-0.2, 0) is 11.5 Å². The monoisotopic (exact) mass is 419 g/mol. The summed E-state index contributed by atoms with van der Waals surface area (Å²) in [6.45, 7) is 0. The summed E-state index contributed by atoms with van der Waals surface area (Å²) in [5.41, 5.74) is -9.22. The Morgan fingerprint density at radius 2 is 1.69 bits per heavy atom. The third kappa shape index (κ3) is 2.05. The van der Waals surface area contributed by atoms with Crippen molar-refractivity contribution in [1.29, 1.82) is 5.26 Å². The first-order chi connectivity index (χ1) is 13.3. The molecule has 2 atom stereocenters. The summed E-state index contributed by atoms with van der Waals surface area (Å²) in [5.74, 6) is -18.1. The number of hydrogen-bond donors (Lipinski definition) is 2. The highest BCUT2D eigenvalue weighted by molar-refractivity contribution is 5.62. The molecule has 0 radical (unpaired) electrons. The maximum Gasteiger partial charge on any atom is 0.352 e. The molecule has 0 aromatic heterocycles. The van der Waals surface area contributed by atoms with Crippen molar-refractivity contribution in [3.05, 3.63) is 58.4 Å². The van der Waals surface area contributed by atoms with Crippen LogP contribution in [0.5, 0.6) is 11.5 Å². The molecule has 29 heavy (non-hydrogen) atoms. The van der Waals surface area contributed by atoms with Gasteiger partial charge in [-0.3, -0.25) is 0 Å². The number of rotatable bonds is 2. The fourth-order valence-corrected chi connectivity index (χ4v) is 3.73. The highest BCUT2D eigenvalue weighted by atomic mass is 19.3. The van der Waals surface area contributed by atoms with Gasteiger partial charge in [0, 0.05) is 22.8 Å². The van der Waals surface area contributed by atoms with Gasteiger partial charge in [-0.2, -0.15) is 31.6 Å². The second kappa shape index (κ2) is 5.40. The van der Waals surface area contributed by atoms with E-state index in [1.807, 2.05) is 0 Å². The SMILES string of the molecule is N#Cc1cc(F)cc(Oc2ccc3c4c2C(O)C(F)(F)C4(O)C(F)(F)C3(F)F)c1. The lowest BCUT2D eigenvalue weighted by Crippen LogP contribution is -2.58. The smallest absolute Gasteiger partial charge is 0.352 e. The minimum atomic E-state index is -5.64. The molecule has 0 saturated heterocycles. The highest BCUT2D eigenvalue weighted by Gasteiger charge is 2.88. The van der Waals surface area contributed by atoms with E-state index in [2.05, 4.69) is 0 Å². The Kier molecular flexibility index (Phi) is 3.63. The van der Waals surface area contributed by atoms with Crippen LogP contribution in [0.1, 0.15) is 28.4 Å². The quantitative estimate of drug-likeness (QED) is 0.719. The van der Waals surface area contributed by atoms with Gasteiger partial charge in [-0.25, -0.2) is 4.39 Å². The fourth-order valence-electron chi connectivity index (χ4n) is 3.73. The van der Waals surface area contributed by atoms with Crippen LogP contribution >= 0.6 is 0 Å². The minimum absolute atomic E-state index is 0.238. The van der Waals surface area contributed by atoms with Gasteiger partial charge in [0.05, 0.1) is 11.6 Å². The number of ether oxygens (including phenoxy) is 1. The minimum Gasteiger partial charge on any atom is -0.457 e. The summed E-state index contributed by atoms with van der Waals surface area (Å²) < 4.78 is 104. The topological polar surface area (TPSA) is 73.5 Å². The molecule has 0 heterocycles. The second-order valence-corrected chi connectivity index (χ2v) is 6.67. The number of aliphatic hydroxyl groups is 2. The van der Waals surface area contributed by atoms with Crippen molar-refractivity contribution in [2.24, 2.45) is 0 Å². The van der Waals surface area contributed by atoms with Crippen LogP contribution in [0.25, 0.3) is 0 Å². The van der Waals surface area contributed by atoms with Gasteiger partial charge in [-0.1, -0.05) is 0 Å². The Labute approximate surface area is 157 Å². The number of hydrogen-bond acceptors (Lipinski definition) is 4. The summed E-state index contributed by atoms with van der Waals surface area (Å²) in [5, 5.41) is 28.8. The van der Waals surface area contributed by atoms with E-state index < -0.39 is 63.5 Å². The van der Waals surface area contributed by atoms with Crippen LogP contribution < -0.4 is 4.74 Å². The van der Waals surface area contributed by atoms with Crippen LogP contribution in [0.2, 0.25) is 0 Å². The third-order valence-electron chi connectivity index (χ3n) is 5.08. The van der Waals surface area contributed by atoms with Gasteiger partial charge in [-0.05, 0) is 24.3 Å². The fraction of sp³-hybridized carbons (Fsp3) is 0.278. The van der Waals surface area contributed by atoms with Crippen LogP contribution in [0, 0.1) is 17.1 Å². The third-order valence-corrected chi connectivity index (χ3v) is 5.08. The maximum atomic E-state index is 14.5. The summed E-state index contributed by atoms with van der Waals surface area (Å²) in [4.78, 5) is 0. The molecule has 4 nitrogen and oxygen atoms in total. The van der Waals surface area contributed by atoms with Crippen molar-refractivity contribution in [3.8, 4) is 17.6 Å². The molecule has 4 rings (SSSR count). The standard InChI is InChI=1S/C18H8F7NO3/c19-8-3-7(6-26)4-9(5-8)29-11-2-1-10-13-12(11)14(27)17(22,23)15(13,28)18(24,25)16(10,20)21/h1-5,14,27-28H. The molecule has 11 heteroatoms. The van der Waals surface area contributed by atoms with E-state index in [-0.39, 0.29) is 5.56 Å². The maximum absolute atomic E-state index is 14.5. The molecule has 0 fully saturated rings. The number of nitriles is 1. The lowest BCUT2D eigenvalue weighted by Gasteiger charge is -2.35. The Morgan fingerprint density at radius 1 is 1.03 bits per heavy atom. The molecule has 0 amide bonds. The first-order valence-corrected chi connectivity index (χ1v) is 7.91. The van der Waals surface area contributed by atoms with Gasteiger partial charge in [-0.15, -0.1) is 0 Å². The molecule has 2 N–H and O–H groups in total. The second-order valence-electron chi connectivity index (χ2n) is 6.67. The van der Waals surface area contributed by atoms with E-state index in [1.54, 1.807) is 6.07 Å². The summed E-state index contributed by atoms with van der Waals surface area (Å²) in [6.07, 6.45) is -3.11. The number of benzene rings is 2. The normalized spacial score (nSPS) is 27.4. The van der Waals surface area contributed by atoms with E-state index in [0.29, 0.717) is 12.1 Å². The van der Waals surface area contributed by atoms with E-state index in [1.165, 1.54) is 0 Å². The van der Waals surface area contributed by atoms with E-state index >= 15 is 0 Å². The van der Waals surface area contributed by atoms with Crippen molar-refractivity contribution in [2.45, 2.75) is 29.5 Å². The van der Waals surface area contributed by atoms with Gasteiger partial charge in [0.2, 0.25) is 5.60 Å². The van der Waals surface area contributed by atoms with Crippen molar-refractivity contribution >= 4 is 0 Å². The van der Waals surface area contributed by atoms with Crippen LogP contribution in [0.4, 0.5) is 30.7 Å².